The summed E-state index contributed by atoms with van der Waals surface area (Å²) in [5.74, 6) is -1.42. The molecule has 1 aromatic rings. The number of aliphatic carboxylic acids is 1. The van der Waals surface area contributed by atoms with E-state index >= 15 is 0 Å². The highest BCUT2D eigenvalue weighted by molar-refractivity contribution is 5.99. The molecule has 1 fully saturated rings. The molecule has 1 aliphatic heterocycles. The van der Waals surface area contributed by atoms with E-state index in [-0.39, 0.29) is 43.2 Å². The Kier molecular flexibility index (Phi) is 5.66. The van der Waals surface area contributed by atoms with Gasteiger partial charge in [0.05, 0.1) is 31.8 Å². The first-order valence-electron chi connectivity index (χ1n) is 7.71. The van der Waals surface area contributed by atoms with Gasteiger partial charge in [0.1, 0.15) is 11.0 Å². The van der Waals surface area contributed by atoms with Crippen molar-refractivity contribution in [1.29, 1.82) is 0 Å². The number of carbonyl (C=O) groups is 2. The SMILES string of the molecule is COCC1(C(=O)O)CCN(C(=O)c2cc(OC)c(OC)cc2[N+](=O)[O-])C1. The van der Waals surface area contributed by atoms with Gasteiger partial charge < -0.3 is 24.2 Å². The number of nitro groups is 1. The molecule has 1 atom stereocenters. The number of amides is 1. The molecule has 10 heteroatoms. The van der Waals surface area contributed by atoms with E-state index in [0.29, 0.717) is 0 Å². The lowest BCUT2D eigenvalue weighted by Gasteiger charge is -2.24. The van der Waals surface area contributed by atoms with Gasteiger partial charge in [0.25, 0.3) is 11.6 Å². The number of hydrogen-bond donors (Lipinski definition) is 1. The Labute approximate surface area is 149 Å². The van der Waals surface area contributed by atoms with Gasteiger partial charge in [-0.15, -0.1) is 0 Å². The van der Waals surface area contributed by atoms with Crippen LogP contribution in [-0.4, -0.2) is 67.8 Å². The van der Waals surface area contributed by atoms with Gasteiger partial charge in [-0.3, -0.25) is 19.7 Å². The zero-order valence-electron chi connectivity index (χ0n) is 14.7. The minimum absolute atomic E-state index is 0.0554. The Hall–Kier alpha value is -2.88. The first-order valence-corrected chi connectivity index (χ1v) is 7.71. The summed E-state index contributed by atoms with van der Waals surface area (Å²) in [5.41, 5.74) is -1.85. The van der Waals surface area contributed by atoms with Gasteiger partial charge in [0.15, 0.2) is 11.5 Å². The molecule has 0 radical (unpaired) electrons. The number of carboxylic acid groups (broad SMARTS) is 1. The number of carbonyl (C=O) groups excluding carboxylic acids is 1. The van der Waals surface area contributed by atoms with Crippen LogP contribution in [0, 0.1) is 15.5 Å². The Bertz CT molecular complexity index is 735. The number of carboxylic acids is 1. The first-order chi connectivity index (χ1) is 12.3. The lowest BCUT2D eigenvalue weighted by Crippen LogP contribution is -2.40. The molecule has 1 heterocycles. The molecule has 0 spiro atoms. The molecule has 1 aromatic carbocycles. The van der Waals surface area contributed by atoms with E-state index in [9.17, 15) is 24.8 Å². The van der Waals surface area contributed by atoms with Crippen LogP contribution in [0.2, 0.25) is 0 Å². The molecular formula is C16H20N2O8. The summed E-state index contributed by atoms with van der Waals surface area (Å²) in [7, 11) is 4.06. The lowest BCUT2D eigenvalue weighted by atomic mass is 9.88. The van der Waals surface area contributed by atoms with Crippen molar-refractivity contribution in [3.63, 3.8) is 0 Å². The summed E-state index contributed by atoms with van der Waals surface area (Å²) in [4.78, 5) is 36.4. The van der Waals surface area contributed by atoms with E-state index in [1.54, 1.807) is 0 Å². The van der Waals surface area contributed by atoms with Gasteiger partial charge in [0.2, 0.25) is 0 Å². The quantitative estimate of drug-likeness (QED) is 0.561. The summed E-state index contributed by atoms with van der Waals surface area (Å²) in [6.45, 7) is 0.000633. The van der Waals surface area contributed by atoms with Crippen LogP contribution in [0.4, 0.5) is 5.69 Å². The third kappa shape index (κ3) is 3.40. The number of nitrogens with zero attached hydrogens (tertiary/aromatic N) is 2. The van der Waals surface area contributed by atoms with Crippen LogP contribution in [0.1, 0.15) is 16.8 Å². The number of rotatable bonds is 7. The number of ether oxygens (including phenoxy) is 3. The first kappa shape index (κ1) is 19.4. The third-order valence-corrected chi connectivity index (χ3v) is 4.44. The maximum absolute atomic E-state index is 12.8. The molecule has 142 valence electrons. The van der Waals surface area contributed by atoms with Crippen LogP contribution >= 0.6 is 0 Å². The molecule has 26 heavy (non-hydrogen) atoms. The number of benzene rings is 1. The average Bonchev–Trinajstić information content (AvgIpc) is 3.05. The van der Waals surface area contributed by atoms with Gasteiger partial charge in [-0.25, -0.2) is 0 Å². The predicted molar refractivity (Wildman–Crippen MR) is 88.7 cm³/mol. The largest absolute Gasteiger partial charge is 0.493 e. The van der Waals surface area contributed by atoms with Crippen molar-refractivity contribution in [2.75, 3.05) is 41.0 Å². The highest BCUT2D eigenvalue weighted by Gasteiger charge is 2.47. The molecule has 1 unspecified atom stereocenters. The van der Waals surface area contributed by atoms with Crippen molar-refractivity contribution in [2.24, 2.45) is 5.41 Å². The van der Waals surface area contributed by atoms with E-state index in [0.717, 1.165) is 6.07 Å². The van der Waals surface area contributed by atoms with E-state index in [4.69, 9.17) is 14.2 Å². The van der Waals surface area contributed by atoms with Gasteiger partial charge in [-0.05, 0) is 6.42 Å². The fourth-order valence-corrected chi connectivity index (χ4v) is 3.04. The number of likely N-dealkylation sites (tertiary alicyclic amines) is 1. The van der Waals surface area contributed by atoms with Crippen LogP contribution in [-0.2, 0) is 9.53 Å². The van der Waals surface area contributed by atoms with Crippen LogP contribution in [0.3, 0.4) is 0 Å². The van der Waals surface area contributed by atoms with E-state index < -0.39 is 27.9 Å². The highest BCUT2D eigenvalue weighted by atomic mass is 16.6. The Morgan fingerprint density at radius 2 is 1.88 bits per heavy atom. The molecule has 0 aliphatic carbocycles. The Balaban J connectivity index is 2.41. The maximum Gasteiger partial charge on any atom is 0.313 e. The van der Waals surface area contributed by atoms with Crippen LogP contribution in [0.25, 0.3) is 0 Å². The van der Waals surface area contributed by atoms with Crippen molar-refractivity contribution in [2.45, 2.75) is 6.42 Å². The predicted octanol–water partition coefficient (Wildman–Crippen LogP) is 1.18. The molecule has 10 nitrogen and oxygen atoms in total. The van der Waals surface area contributed by atoms with E-state index in [1.807, 2.05) is 0 Å². The van der Waals surface area contributed by atoms with Crippen molar-refractivity contribution >= 4 is 17.6 Å². The van der Waals surface area contributed by atoms with Crippen molar-refractivity contribution < 1.29 is 33.8 Å². The topological polar surface area (TPSA) is 128 Å². The molecule has 1 saturated heterocycles. The molecule has 1 aliphatic rings. The number of methoxy groups -OCH3 is 3. The molecule has 1 amide bonds. The van der Waals surface area contributed by atoms with Gasteiger partial charge in [0, 0.05) is 26.3 Å². The molecular weight excluding hydrogens is 348 g/mol. The average molecular weight is 368 g/mol. The van der Waals surface area contributed by atoms with E-state index in [2.05, 4.69) is 0 Å². The lowest BCUT2D eigenvalue weighted by molar-refractivity contribution is -0.385. The summed E-state index contributed by atoms with van der Waals surface area (Å²) in [5, 5.41) is 20.9. The molecule has 0 saturated carbocycles. The van der Waals surface area contributed by atoms with Crippen LogP contribution in [0.15, 0.2) is 12.1 Å². The maximum atomic E-state index is 12.8. The highest BCUT2D eigenvalue weighted by Crippen LogP contribution is 2.37. The fourth-order valence-electron chi connectivity index (χ4n) is 3.04. The standard InChI is InChI=1S/C16H20N2O8/c1-24-9-16(15(20)21)4-5-17(8-16)14(19)10-6-12(25-2)13(26-3)7-11(10)18(22)23/h6-7H,4-5,8-9H2,1-3H3,(H,20,21). The third-order valence-electron chi connectivity index (χ3n) is 4.44. The van der Waals surface area contributed by atoms with Crippen molar-refractivity contribution in [3.05, 3.63) is 27.8 Å². The molecule has 1 N–H and O–H groups in total. The summed E-state index contributed by atoms with van der Waals surface area (Å²) in [6, 6.07) is 2.35. The second kappa shape index (κ2) is 7.56. The number of nitro benzene ring substituents is 1. The summed E-state index contributed by atoms with van der Waals surface area (Å²) in [6.07, 6.45) is 0.197. The van der Waals surface area contributed by atoms with Crippen molar-refractivity contribution in [1.82, 2.24) is 4.90 Å². The fraction of sp³-hybridized carbons (Fsp3) is 0.500. The second-order valence-corrected chi connectivity index (χ2v) is 5.98. The summed E-state index contributed by atoms with van der Waals surface area (Å²) >= 11 is 0. The van der Waals surface area contributed by atoms with Gasteiger partial charge in [-0.2, -0.15) is 0 Å². The zero-order valence-corrected chi connectivity index (χ0v) is 14.7. The van der Waals surface area contributed by atoms with Crippen LogP contribution in [0.5, 0.6) is 11.5 Å². The number of hydrogen-bond acceptors (Lipinski definition) is 7. The summed E-state index contributed by atoms with van der Waals surface area (Å²) < 4.78 is 15.1. The minimum Gasteiger partial charge on any atom is -0.493 e. The molecule has 0 aromatic heterocycles. The zero-order chi connectivity index (χ0) is 19.5. The Morgan fingerprint density at radius 3 is 2.38 bits per heavy atom. The minimum atomic E-state index is -1.23. The monoisotopic (exact) mass is 368 g/mol. The van der Waals surface area contributed by atoms with Gasteiger partial charge >= 0.3 is 5.97 Å². The van der Waals surface area contributed by atoms with Gasteiger partial charge in [-0.1, -0.05) is 0 Å². The normalized spacial score (nSPS) is 19.3. The smallest absolute Gasteiger partial charge is 0.313 e. The van der Waals surface area contributed by atoms with Crippen LogP contribution < -0.4 is 9.47 Å². The molecule has 0 bridgehead atoms. The van der Waals surface area contributed by atoms with Crippen molar-refractivity contribution in [3.8, 4) is 11.5 Å². The second-order valence-electron chi connectivity index (χ2n) is 5.98. The Morgan fingerprint density at radius 1 is 1.27 bits per heavy atom. The molecule has 2 rings (SSSR count). The van der Waals surface area contributed by atoms with E-state index in [1.165, 1.54) is 32.3 Å².